The third-order valence-corrected chi connectivity index (χ3v) is 4.42. The van der Waals surface area contributed by atoms with Crippen LogP contribution in [0.2, 0.25) is 0 Å². The number of hydrogen-bond acceptors (Lipinski definition) is 3. The van der Waals surface area contributed by atoms with Crippen molar-refractivity contribution in [1.29, 1.82) is 0 Å². The van der Waals surface area contributed by atoms with E-state index >= 15 is 0 Å². The molecule has 1 aromatic heterocycles. The number of pyridine rings is 1. The quantitative estimate of drug-likeness (QED) is 0.852. The molecule has 0 spiro atoms. The van der Waals surface area contributed by atoms with Crippen molar-refractivity contribution >= 4 is 16.5 Å². The first-order chi connectivity index (χ1) is 9.78. The van der Waals surface area contributed by atoms with Gasteiger partial charge in [0.05, 0.1) is 6.10 Å². The maximum atomic E-state index is 6.27. The van der Waals surface area contributed by atoms with E-state index in [4.69, 9.17) is 10.5 Å². The van der Waals surface area contributed by atoms with Gasteiger partial charge in [-0.05, 0) is 43.4 Å². The Bertz CT molecular complexity index is 597. The Balaban J connectivity index is 1.86. The number of anilines is 1. The molecule has 0 bridgehead atoms. The van der Waals surface area contributed by atoms with Crippen molar-refractivity contribution in [3.63, 3.8) is 0 Å². The fraction of sp³-hybridized carbons (Fsp3) is 0.471. The number of aromatic nitrogens is 1. The highest BCUT2D eigenvalue weighted by Crippen LogP contribution is 2.34. The van der Waals surface area contributed by atoms with Crippen molar-refractivity contribution in [1.82, 2.24) is 4.98 Å². The molecule has 20 heavy (non-hydrogen) atoms. The third-order valence-electron chi connectivity index (χ3n) is 4.42. The molecule has 3 heteroatoms. The Morgan fingerprint density at radius 2 is 2.15 bits per heavy atom. The minimum absolute atomic E-state index is 0.341. The smallest absolute Gasteiger partial charge is 0.127 e. The molecule has 1 aromatic carbocycles. The van der Waals surface area contributed by atoms with Crippen molar-refractivity contribution in [3.8, 4) is 5.75 Å². The van der Waals surface area contributed by atoms with Crippen molar-refractivity contribution in [2.24, 2.45) is 5.92 Å². The van der Waals surface area contributed by atoms with Crippen LogP contribution < -0.4 is 10.5 Å². The number of nitrogens with two attached hydrogens (primary N) is 1. The summed E-state index contributed by atoms with van der Waals surface area (Å²) in [6, 6.07) is 5.90. The van der Waals surface area contributed by atoms with Gasteiger partial charge < -0.3 is 10.5 Å². The summed E-state index contributed by atoms with van der Waals surface area (Å²) in [4.78, 5) is 4.15. The van der Waals surface area contributed by atoms with E-state index in [2.05, 4.69) is 11.9 Å². The zero-order valence-corrected chi connectivity index (χ0v) is 12.0. The van der Waals surface area contributed by atoms with E-state index in [0.29, 0.717) is 6.10 Å². The van der Waals surface area contributed by atoms with E-state index in [-0.39, 0.29) is 0 Å². The Morgan fingerprint density at radius 1 is 1.25 bits per heavy atom. The predicted molar refractivity (Wildman–Crippen MR) is 82.8 cm³/mol. The predicted octanol–water partition coefficient (Wildman–Crippen LogP) is 4.16. The van der Waals surface area contributed by atoms with E-state index in [9.17, 15) is 0 Å². The van der Waals surface area contributed by atoms with Gasteiger partial charge in [-0.25, -0.2) is 0 Å². The lowest BCUT2D eigenvalue weighted by molar-refractivity contribution is 0.123. The summed E-state index contributed by atoms with van der Waals surface area (Å²) in [7, 11) is 0. The summed E-state index contributed by atoms with van der Waals surface area (Å²) in [5.41, 5.74) is 6.77. The standard InChI is InChI=1S/C17H22N2O/c1-2-12-4-3-5-13(10-12)20-17-7-6-16(18)15-11-19-9-8-14(15)17/h6-9,11-13H,2-5,10,18H2,1H3. The second-order valence-corrected chi connectivity index (χ2v) is 5.75. The van der Waals surface area contributed by atoms with Gasteiger partial charge in [-0.15, -0.1) is 0 Å². The Morgan fingerprint density at radius 3 is 3.00 bits per heavy atom. The van der Waals surface area contributed by atoms with Gasteiger partial charge in [0.1, 0.15) is 5.75 Å². The molecular formula is C17H22N2O. The fourth-order valence-corrected chi connectivity index (χ4v) is 3.19. The van der Waals surface area contributed by atoms with E-state index < -0.39 is 0 Å². The molecule has 2 N–H and O–H groups in total. The maximum absolute atomic E-state index is 6.27. The van der Waals surface area contributed by atoms with E-state index in [0.717, 1.165) is 34.5 Å². The van der Waals surface area contributed by atoms with Gasteiger partial charge >= 0.3 is 0 Å². The van der Waals surface area contributed by atoms with E-state index in [1.54, 1.807) is 6.20 Å². The minimum Gasteiger partial charge on any atom is -0.490 e. The molecule has 106 valence electrons. The van der Waals surface area contributed by atoms with Gasteiger partial charge in [0.25, 0.3) is 0 Å². The zero-order chi connectivity index (χ0) is 13.9. The van der Waals surface area contributed by atoms with Crippen LogP contribution in [-0.2, 0) is 0 Å². The summed E-state index contributed by atoms with van der Waals surface area (Å²) in [5, 5.41) is 2.05. The monoisotopic (exact) mass is 270 g/mol. The first-order valence-corrected chi connectivity index (χ1v) is 7.56. The summed E-state index contributed by atoms with van der Waals surface area (Å²) >= 11 is 0. The largest absolute Gasteiger partial charge is 0.490 e. The van der Waals surface area contributed by atoms with E-state index in [1.165, 1.54) is 25.7 Å². The second-order valence-electron chi connectivity index (χ2n) is 5.75. The number of fused-ring (bicyclic) bond motifs is 1. The summed E-state index contributed by atoms with van der Waals surface area (Å²) in [6.07, 6.45) is 10.2. The highest BCUT2D eigenvalue weighted by molar-refractivity contribution is 5.96. The molecule has 0 aliphatic heterocycles. The van der Waals surface area contributed by atoms with Crippen molar-refractivity contribution < 1.29 is 4.74 Å². The molecule has 3 nitrogen and oxygen atoms in total. The highest BCUT2D eigenvalue weighted by atomic mass is 16.5. The number of nitrogen functional groups attached to an aromatic ring is 1. The molecule has 1 saturated carbocycles. The van der Waals surface area contributed by atoms with Gasteiger partial charge in [-0.1, -0.05) is 19.8 Å². The minimum atomic E-state index is 0.341. The van der Waals surface area contributed by atoms with Crippen LogP contribution in [0.25, 0.3) is 10.8 Å². The molecule has 3 rings (SSSR count). The fourth-order valence-electron chi connectivity index (χ4n) is 3.19. The first kappa shape index (κ1) is 13.2. The molecular weight excluding hydrogens is 248 g/mol. The topological polar surface area (TPSA) is 48.1 Å². The van der Waals surface area contributed by atoms with Gasteiger partial charge in [-0.3, -0.25) is 4.98 Å². The number of benzene rings is 1. The lowest BCUT2D eigenvalue weighted by Gasteiger charge is -2.29. The normalized spacial score (nSPS) is 22.9. The van der Waals surface area contributed by atoms with Crippen LogP contribution in [-0.4, -0.2) is 11.1 Å². The molecule has 0 radical (unpaired) electrons. The Hall–Kier alpha value is -1.77. The average Bonchev–Trinajstić information content (AvgIpc) is 2.51. The van der Waals surface area contributed by atoms with Crippen LogP contribution in [0.4, 0.5) is 5.69 Å². The number of ether oxygens (including phenoxy) is 1. The lowest BCUT2D eigenvalue weighted by Crippen LogP contribution is -2.25. The van der Waals surface area contributed by atoms with Crippen LogP contribution >= 0.6 is 0 Å². The van der Waals surface area contributed by atoms with Crippen LogP contribution in [0.1, 0.15) is 39.0 Å². The van der Waals surface area contributed by atoms with Gasteiger partial charge in [0.2, 0.25) is 0 Å². The van der Waals surface area contributed by atoms with Crippen molar-refractivity contribution in [2.45, 2.75) is 45.1 Å². The summed E-state index contributed by atoms with van der Waals surface area (Å²) in [6.45, 7) is 2.28. The number of rotatable bonds is 3. The maximum Gasteiger partial charge on any atom is 0.127 e. The average molecular weight is 270 g/mol. The van der Waals surface area contributed by atoms with E-state index in [1.807, 2.05) is 24.4 Å². The van der Waals surface area contributed by atoms with Crippen LogP contribution in [0.5, 0.6) is 5.75 Å². The molecule has 0 saturated heterocycles. The lowest BCUT2D eigenvalue weighted by atomic mass is 9.85. The SMILES string of the molecule is CCC1CCCC(Oc2ccc(N)c3cnccc23)C1. The molecule has 2 atom stereocenters. The molecule has 1 heterocycles. The molecule has 1 aliphatic carbocycles. The first-order valence-electron chi connectivity index (χ1n) is 7.56. The van der Waals surface area contributed by atoms with Crippen LogP contribution in [0.15, 0.2) is 30.6 Å². The van der Waals surface area contributed by atoms with Crippen LogP contribution in [0, 0.1) is 5.92 Å². The van der Waals surface area contributed by atoms with Crippen LogP contribution in [0.3, 0.4) is 0 Å². The number of hydrogen-bond donors (Lipinski definition) is 1. The van der Waals surface area contributed by atoms with Gasteiger partial charge in [-0.2, -0.15) is 0 Å². The molecule has 2 aromatic rings. The molecule has 2 unspecified atom stereocenters. The Labute approximate surface area is 120 Å². The van der Waals surface area contributed by atoms with Crippen molar-refractivity contribution in [3.05, 3.63) is 30.6 Å². The van der Waals surface area contributed by atoms with Gasteiger partial charge in [0, 0.05) is 28.9 Å². The Kier molecular flexibility index (Phi) is 3.77. The van der Waals surface area contributed by atoms with Crippen molar-refractivity contribution in [2.75, 3.05) is 5.73 Å². The zero-order valence-electron chi connectivity index (χ0n) is 12.0. The highest BCUT2D eigenvalue weighted by Gasteiger charge is 2.22. The molecule has 1 fully saturated rings. The third kappa shape index (κ3) is 2.58. The molecule has 0 amide bonds. The second kappa shape index (κ2) is 5.70. The summed E-state index contributed by atoms with van der Waals surface area (Å²) < 4.78 is 6.27. The molecule has 1 aliphatic rings. The van der Waals surface area contributed by atoms with Gasteiger partial charge in [0.15, 0.2) is 0 Å². The summed E-state index contributed by atoms with van der Waals surface area (Å²) in [5.74, 6) is 1.76. The number of nitrogens with zero attached hydrogens (tertiary/aromatic N) is 1.